The maximum atomic E-state index is 12.4. The fraction of sp³-hybridized carbons (Fsp3) is 0.350. The van der Waals surface area contributed by atoms with Crippen LogP contribution >= 0.6 is 0 Å². The van der Waals surface area contributed by atoms with Gasteiger partial charge in [-0.05, 0) is 61.2 Å². The van der Waals surface area contributed by atoms with Crippen LogP contribution in [0, 0.1) is 0 Å². The number of nitrogens with one attached hydrogen (secondary N) is 2. The quantitative estimate of drug-likeness (QED) is 0.667. The Morgan fingerprint density at radius 3 is 2.27 bits per heavy atom. The summed E-state index contributed by atoms with van der Waals surface area (Å²) in [7, 11) is -6.74. The van der Waals surface area contributed by atoms with Crippen LogP contribution in [0.3, 0.4) is 0 Å². The van der Waals surface area contributed by atoms with Crippen LogP contribution in [0.2, 0.25) is 0 Å². The van der Waals surface area contributed by atoms with E-state index in [-0.39, 0.29) is 29.1 Å². The molecule has 0 atom stereocenters. The van der Waals surface area contributed by atoms with Crippen LogP contribution in [0.1, 0.15) is 35.2 Å². The van der Waals surface area contributed by atoms with E-state index >= 15 is 0 Å². The van der Waals surface area contributed by atoms with Gasteiger partial charge in [-0.3, -0.25) is 9.10 Å². The van der Waals surface area contributed by atoms with E-state index in [4.69, 9.17) is 0 Å². The first-order chi connectivity index (χ1) is 14.2. The molecule has 1 saturated carbocycles. The molecule has 0 radical (unpaired) electrons. The molecule has 1 saturated heterocycles. The standard InChI is InChI=1S/C20H23N3O5S2/c24-20(16-4-8-18(9-5-16)23-12-1-13-29(23,25)26)21-14-15-2-10-19(11-3-15)30(27,28)22-17-6-7-17/h2-5,8-11,17,22H,1,6-7,12-14H2,(H,21,24). The number of nitrogens with zero attached hydrogens (tertiary/aromatic N) is 1. The first-order valence-electron chi connectivity index (χ1n) is 9.75. The van der Waals surface area contributed by atoms with E-state index in [0.29, 0.717) is 24.2 Å². The van der Waals surface area contributed by atoms with Crippen LogP contribution in [0.5, 0.6) is 0 Å². The fourth-order valence-electron chi connectivity index (χ4n) is 3.27. The van der Waals surface area contributed by atoms with Crippen molar-refractivity contribution in [3.8, 4) is 0 Å². The van der Waals surface area contributed by atoms with E-state index in [9.17, 15) is 21.6 Å². The summed E-state index contributed by atoms with van der Waals surface area (Å²) >= 11 is 0. The highest BCUT2D eigenvalue weighted by atomic mass is 32.2. The predicted octanol–water partition coefficient (Wildman–Crippen LogP) is 1.60. The lowest BCUT2D eigenvalue weighted by Gasteiger charge is -2.17. The van der Waals surface area contributed by atoms with E-state index in [1.165, 1.54) is 16.4 Å². The zero-order valence-corrected chi connectivity index (χ0v) is 17.9. The fourth-order valence-corrected chi connectivity index (χ4v) is 6.14. The second kappa shape index (κ2) is 8.01. The van der Waals surface area contributed by atoms with E-state index < -0.39 is 20.0 Å². The molecular weight excluding hydrogens is 426 g/mol. The van der Waals surface area contributed by atoms with Crippen molar-refractivity contribution in [1.82, 2.24) is 10.0 Å². The van der Waals surface area contributed by atoms with Gasteiger partial charge < -0.3 is 5.32 Å². The summed E-state index contributed by atoms with van der Waals surface area (Å²) in [6.45, 7) is 0.702. The Hall–Kier alpha value is -2.43. The minimum absolute atomic E-state index is 0.0472. The van der Waals surface area contributed by atoms with E-state index in [0.717, 1.165) is 18.4 Å². The first kappa shape index (κ1) is 20.8. The van der Waals surface area contributed by atoms with Gasteiger partial charge in [-0.25, -0.2) is 21.6 Å². The number of hydrogen-bond donors (Lipinski definition) is 2. The van der Waals surface area contributed by atoms with E-state index in [1.807, 2.05) is 0 Å². The number of sulfonamides is 2. The van der Waals surface area contributed by atoms with Crippen LogP contribution in [-0.4, -0.2) is 41.1 Å². The van der Waals surface area contributed by atoms with Gasteiger partial charge in [0.1, 0.15) is 0 Å². The number of anilines is 1. The lowest BCUT2D eigenvalue weighted by atomic mass is 10.1. The summed E-state index contributed by atoms with van der Waals surface area (Å²) in [5, 5.41) is 2.79. The van der Waals surface area contributed by atoms with Crippen molar-refractivity contribution >= 4 is 31.6 Å². The maximum absolute atomic E-state index is 12.4. The Morgan fingerprint density at radius 2 is 1.70 bits per heavy atom. The summed E-state index contributed by atoms with van der Waals surface area (Å²) in [5.41, 5.74) is 1.75. The summed E-state index contributed by atoms with van der Waals surface area (Å²) in [4.78, 5) is 12.6. The van der Waals surface area contributed by atoms with Gasteiger partial charge in [0, 0.05) is 24.7 Å². The molecule has 1 aliphatic heterocycles. The number of benzene rings is 2. The van der Waals surface area contributed by atoms with Gasteiger partial charge in [-0.15, -0.1) is 0 Å². The molecule has 0 aromatic heterocycles. The minimum atomic E-state index is -3.49. The van der Waals surface area contributed by atoms with Crippen LogP contribution in [-0.2, 0) is 26.6 Å². The SMILES string of the molecule is O=C(NCc1ccc(S(=O)(=O)NC2CC2)cc1)c1ccc(N2CCCS2(=O)=O)cc1. The third-order valence-corrected chi connectivity index (χ3v) is 8.51. The first-order valence-corrected chi connectivity index (χ1v) is 12.8. The molecule has 0 spiro atoms. The largest absolute Gasteiger partial charge is 0.348 e. The van der Waals surface area contributed by atoms with Crippen LogP contribution in [0.15, 0.2) is 53.4 Å². The molecule has 2 aromatic rings. The Labute approximate surface area is 176 Å². The van der Waals surface area contributed by atoms with Crippen molar-refractivity contribution in [2.75, 3.05) is 16.6 Å². The smallest absolute Gasteiger partial charge is 0.251 e. The Bertz CT molecular complexity index is 1140. The summed E-state index contributed by atoms with van der Waals surface area (Å²) < 4.78 is 52.3. The molecule has 1 aliphatic carbocycles. The molecule has 2 aromatic carbocycles. The molecule has 0 bridgehead atoms. The average molecular weight is 450 g/mol. The minimum Gasteiger partial charge on any atom is -0.348 e. The van der Waals surface area contributed by atoms with E-state index in [2.05, 4.69) is 10.0 Å². The van der Waals surface area contributed by atoms with Crippen molar-refractivity contribution in [3.63, 3.8) is 0 Å². The molecule has 30 heavy (non-hydrogen) atoms. The lowest BCUT2D eigenvalue weighted by Crippen LogP contribution is -2.26. The lowest BCUT2D eigenvalue weighted by molar-refractivity contribution is 0.0951. The molecular formula is C20H23N3O5S2. The van der Waals surface area contributed by atoms with Crippen molar-refractivity contribution in [2.45, 2.75) is 36.7 Å². The number of carbonyl (C=O) groups is 1. The number of hydrogen-bond acceptors (Lipinski definition) is 5. The Balaban J connectivity index is 1.35. The van der Waals surface area contributed by atoms with Gasteiger partial charge in [0.15, 0.2) is 0 Å². The van der Waals surface area contributed by atoms with Crippen molar-refractivity contribution in [1.29, 1.82) is 0 Å². The molecule has 10 heteroatoms. The topological polar surface area (TPSA) is 113 Å². The summed E-state index contributed by atoms with van der Waals surface area (Å²) in [6, 6.07) is 12.9. The van der Waals surface area contributed by atoms with Gasteiger partial charge in [-0.1, -0.05) is 12.1 Å². The molecule has 2 aliphatic rings. The number of rotatable bonds is 7. The van der Waals surface area contributed by atoms with Crippen molar-refractivity contribution in [3.05, 3.63) is 59.7 Å². The summed E-state index contributed by atoms with van der Waals surface area (Å²) in [6.07, 6.45) is 2.34. The Morgan fingerprint density at radius 1 is 1.03 bits per heavy atom. The van der Waals surface area contributed by atoms with Gasteiger partial charge in [-0.2, -0.15) is 0 Å². The second-order valence-electron chi connectivity index (χ2n) is 7.51. The average Bonchev–Trinajstić information content (AvgIpc) is 3.45. The van der Waals surface area contributed by atoms with Gasteiger partial charge >= 0.3 is 0 Å². The number of amides is 1. The van der Waals surface area contributed by atoms with Crippen molar-refractivity contribution in [2.24, 2.45) is 0 Å². The molecule has 160 valence electrons. The summed E-state index contributed by atoms with van der Waals surface area (Å²) in [5.74, 6) is -0.149. The maximum Gasteiger partial charge on any atom is 0.251 e. The molecule has 4 rings (SSSR count). The van der Waals surface area contributed by atoms with Crippen LogP contribution in [0.25, 0.3) is 0 Å². The highest BCUT2D eigenvalue weighted by molar-refractivity contribution is 7.93. The van der Waals surface area contributed by atoms with Crippen LogP contribution in [0.4, 0.5) is 5.69 Å². The van der Waals surface area contributed by atoms with Gasteiger partial charge in [0.05, 0.1) is 16.3 Å². The highest BCUT2D eigenvalue weighted by Crippen LogP contribution is 2.24. The van der Waals surface area contributed by atoms with Crippen LogP contribution < -0.4 is 14.3 Å². The molecule has 8 nitrogen and oxygen atoms in total. The highest BCUT2D eigenvalue weighted by Gasteiger charge is 2.29. The van der Waals surface area contributed by atoms with Gasteiger partial charge in [0.2, 0.25) is 20.0 Å². The molecule has 1 amide bonds. The number of carbonyl (C=O) groups excluding carboxylic acids is 1. The normalized spacial score (nSPS) is 18.3. The zero-order valence-electron chi connectivity index (χ0n) is 16.2. The third kappa shape index (κ3) is 4.66. The van der Waals surface area contributed by atoms with E-state index in [1.54, 1.807) is 36.4 Å². The van der Waals surface area contributed by atoms with Crippen molar-refractivity contribution < 1.29 is 21.6 Å². The third-order valence-electron chi connectivity index (χ3n) is 5.10. The molecule has 0 unspecified atom stereocenters. The zero-order chi connectivity index (χ0) is 21.4. The monoisotopic (exact) mass is 449 g/mol. The molecule has 2 N–H and O–H groups in total. The molecule has 2 fully saturated rings. The van der Waals surface area contributed by atoms with Gasteiger partial charge in [0.25, 0.3) is 5.91 Å². The Kier molecular flexibility index (Phi) is 5.56. The molecule has 1 heterocycles. The predicted molar refractivity (Wildman–Crippen MR) is 113 cm³/mol. The second-order valence-corrected chi connectivity index (χ2v) is 11.2.